The summed E-state index contributed by atoms with van der Waals surface area (Å²) in [7, 11) is 0. The van der Waals surface area contributed by atoms with Gasteiger partial charge in [-0.3, -0.25) is 9.59 Å². The third-order valence-electron chi connectivity index (χ3n) is 3.80. The smallest absolute Gasteiger partial charge is 0.271 e. The van der Waals surface area contributed by atoms with Gasteiger partial charge in [-0.2, -0.15) is 0 Å². The van der Waals surface area contributed by atoms with Crippen molar-refractivity contribution in [3.8, 4) is 0 Å². The predicted molar refractivity (Wildman–Crippen MR) is 80.1 cm³/mol. The third kappa shape index (κ3) is 2.55. The van der Waals surface area contributed by atoms with E-state index < -0.39 is 11.7 Å². The molecular formula is C15H16FN3O4. The van der Waals surface area contributed by atoms with Crippen LogP contribution in [0.1, 0.15) is 34.7 Å². The molecule has 1 saturated heterocycles. The Morgan fingerprint density at radius 3 is 2.65 bits per heavy atom. The fraction of sp³-hybridized carbons (Fsp3) is 0.400. The quantitative estimate of drug-likeness (QED) is 0.860. The summed E-state index contributed by atoms with van der Waals surface area (Å²) in [6.45, 7) is 4.62. The molecule has 0 unspecified atom stereocenters. The van der Waals surface area contributed by atoms with Gasteiger partial charge in [0.05, 0.1) is 23.3 Å². The van der Waals surface area contributed by atoms with Gasteiger partial charge in [0.2, 0.25) is 5.58 Å². The van der Waals surface area contributed by atoms with Crippen molar-refractivity contribution in [2.75, 3.05) is 18.0 Å². The Balaban J connectivity index is 2.18. The highest BCUT2D eigenvalue weighted by Crippen LogP contribution is 2.34. The Bertz CT molecular complexity index is 779. The first-order valence-corrected chi connectivity index (χ1v) is 7.19. The summed E-state index contributed by atoms with van der Waals surface area (Å²) in [5.41, 5.74) is 5.04. The number of ether oxygens (including phenoxy) is 1. The largest absolute Gasteiger partial charge is 0.372 e. The van der Waals surface area contributed by atoms with Gasteiger partial charge in [-0.15, -0.1) is 0 Å². The fourth-order valence-corrected chi connectivity index (χ4v) is 3.00. The first-order valence-electron chi connectivity index (χ1n) is 7.19. The number of fused-ring (bicyclic) bond motifs is 1. The van der Waals surface area contributed by atoms with Crippen LogP contribution in [-0.4, -0.2) is 42.6 Å². The lowest BCUT2D eigenvalue weighted by atomic mass is 10.1. The summed E-state index contributed by atoms with van der Waals surface area (Å²) >= 11 is 0. The summed E-state index contributed by atoms with van der Waals surface area (Å²) in [4.78, 5) is 24.5. The summed E-state index contributed by atoms with van der Waals surface area (Å²) in [5, 5.41) is 3.59. The van der Waals surface area contributed by atoms with E-state index in [0.717, 1.165) is 0 Å². The third-order valence-corrected chi connectivity index (χ3v) is 3.80. The standard InChI is InChI=1S/C15H16FN3O4/c1-7-4-19(5-8(2)22-7)13-9(6-20)3-10-12(15(17)21)18-23-14(10)11(13)16/h3,6-8H,4-5H2,1-2H3,(H2,17,21)/t7-,8+. The van der Waals surface area contributed by atoms with Gasteiger partial charge in [-0.05, 0) is 19.9 Å². The molecule has 2 heterocycles. The summed E-state index contributed by atoms with van der Waals surface area (Å²) in [6, 6.07) is 1.38. The number of anilines is 1. The molecule has 0 aliphatic carbocycles. The zero-order valence-corrected chi connectivity index (χ0v) is 12.7. The van der Waals surface area contributed by atoms with Crippen LogP contribution in [0.15, 0.2) is 10.6 Å². The first-order chi connectivity index (χ1) is 10.9. The van der Waals surface area contributed by atoms with Gasteiger partial charge in [0.1, 0.15) is 0 Å². The second kappa shape index (κ2) is 5.62. The Kier molecular flexibility index (Phi) is 3.77. The Labute approximate surface area is 131 Å². The number of primary amides is 1. The molecule has 1 aromatic heterocycles. The second-order valence-corrected chi connectivity index (χ2v) is 5.68. The van der Waals surface area contributed by atoms with Crippen LogP contribution in [0.5, 0.6) is 0 Å². The zero-order valence-electron chi connectivity index (χ0n) is 12.7. The number of benzene rings is 1. The molecule has 7 nitrogen and oxygen atoms in total. The number of nitrogens with two attached hydrogens (primary N) is 1. The number of halogens is 1. The lowest BCUT2D eigenvalue weighted by Gasteiger charge is -2.37. The molecule has 2 N–H and O–H groups in total. The van der Waals surface area contributed by atoms with Gasteiger partial charge in [0.15, 0.2) is 17.8 Å². The normalized spacial score (nSPS) is 21.6. The van der Waals surface area contributed by atoms with Crippen molar-refractivity contribution in [2.45, 2.75) is 26.1 Å². The SMILES string of the molecule is C[C@@H]1CN(c2c(C=O)cc3c(C(N)=O)noc3c2F)C[C@H](C)O1. The van der Waals surface area contributed by atoms with E-state index in [1.165, 1.54) is 6.07 Å². The van der Waals surface area contributed by atoms with E-state index in [-0.39, 0.29) is 40.1 Å². The molecule has 0 bridgehead atoms. The van der Waals surface area contributed by atoms with Crippen LogP contribution >= 0.6 is 0 Å². The van der Waals surface area contributed by atoms with Gasteiger partial charge in [-0.1, -0.05) is 5.16 Å². The number of amides is 1. The number of nitrogens with zero attached hydrogens (tertiary/aromatic N) is 2. The molecule has 122 valence electrons. The number of aldehydes is 1. The lowest BCUT2D eigenvalue weighted by molar-refractivity contribution is -0.00543. The van der Waals surface area contributed by atoms with E-state index in [2.05, 4.69) is 5.16 Å². The number of carbonyl (C=O) groups is 2. The number of rotatable bonds is 3. The minimum absolute atomic E-state index is 0.0928. The van der Waals surface area contributed by atoms with Crippen molar-refractivity contribution in [3.05, 3.63) is 23.1 Å². The molecule has 0 saturated carbocycles. The molecule has 1 aliphatic heterocycles. The molecule has 1 amide bonds. The van der Waals surface area contributed by atoms with Crippen LogP contribution in [0.2, 0.25) is 0 Å². The van der Waals surface area contributed by atoms with Crippen LogP contribution in [-0.2, 0) is 4.74 Å². The fourth-order valence-electron chi connectivity index (χ4n) is 3.00. The summed E-state index contributed by atoms with van der Waals surface area (Å²) < 4.78 is 25.5. The van der Waals surface area contributed by atoms with Crippen LogP contribution in [0.4, 0.5) is 10.1 Å². The van der Waals surface area contributed by atoms with Crippen molar-refractivity contribution in [3.63, 3.8) is 0 Å². The van der Waals surface area contributed by atoms with Gasteiger partial charge in [0.25, 0.3) is 5.91 Å². The van der Waals surface area contributed by atoms with Crippen molar-refractivity contribution in [1.29, 1.82) is 0 Å². The zero-order chi connectivity index (χ0) is 16.7. The molecule has 1 fully saturated rings. The summed E-state index contributed by atoms with van der Waals surface area (Å²) in [5.74, 6) is -1.58. The number of aromatic nitrogens is 1. The highest BCUT2D eigenvalue weighted by Gasteiger charge is 2.29. The van der Waals surface area contributed by atoms with Gasteiger partial charge >= 0.3 is 0 Å². The molecule has 1 aliphatic rings. The first kappa shape index (κ1) is 15.4. The second-order valence-electron chi connectivity index (χ2n) is 5.68. The Morgan fingerprint density at radius 1 is 1.43 bits per heavy atom. The minimum Gasteiger partial charge on any atom is -0.372 e. The van der Waals surface area contributed by atoms with Crippen LogP contribution in [0.3, 0.4) is 0 Å². The van der Waals surface area contributed by atoms with E-state index >= 15 is 0 Å². The van der Waals surface area contributed by atoms with Gasteiger partial charge in [-0.25, -0.2) is 4.39 Å². The van der Waals surface area contributed by atoms with E-state index in [9.17, 15) is 14.0 Å². The predicted octanol–water partition coefficient (Wildman–Crippen LogP) is 1.49. The van der Waals surface area contributed by atoms with Crippen LogP contribution in [0, 0.1) is 5.82 Å². The molecule has 2 atom stereocenters. The maximum Gasteiger partial charge on any atom is 0.271 e. The van der Waals surface area contributed by atoms with Gasteiger partial charge < -0.3 is 19.9 Å². The van der Waals surface area contributed by atoms with Crippen molar-refractivity contribution in [1.82, 2.24) is 5.16 Å². The molecule has 0 spiro atoms. The topological polar surface area (TPSA) is 98.7 Å². The monoisotopic (exact) mass is 321 g/mol. The van der Waals surface area contributed by atoms with Crippen LogP contribution in [0.25, 0.3) is 11.0 Å². The lowest BCUT2D eigenvalue weighted by Crippen LogP contribution is -2.46. The number of hydrogen-bond acceptors (Lipinski definition) is 6. The Hall–Kier alpha value is -2.48. The molecule has 2 aromatic rings. The van der Waals surface area contributed by atoms with E-state index in [4.69, 9.17) is 15.0 Å². The maximum atomic E-state index is 14.9. The summed E-state index contributed by atoms with van der Waals surface area (Å²) in [6.07, 6.45) is 0.328. The van der Waals surface area contributed by atoms with Gasteiger partial charge in [0, 0.05) is 18.7 Å². The van der Waals surface area contributed by atoms with E-state index in [0.29, 0.717) is 19.4 Å². The number of morpholine rings is 1. The molecule has 8 heteroatoms. The average Bonchev–Trinajstić information content (AvgIpc) is 2.90. The number of hydrogen-bond donors (Lipinski definition) is 1. The molecule has 3 rings (SSSR count). The molecule has 23 heavy (non-hydrogen) atoms. The average molecular weight is 321 g/mol. The van der Waals surface area contributed by atoms with Crippen LogP contribution < -0.4 is 10.6 Å². The molecular weight excluding hydrogens is 305 g/mol. The van der Waals surface area contributed by atoms with E-state index in [1.54, 1.807) is 4.90 Å². The maximum absolute atomic E-state index is 14.9. The highest BCUT2D eigenvalue weighted by atomic mass is 19.1. The highest BCUT2D eigenvalue weighted by molar-refractivity contribution is 6.06. The van der Waals surface area contributed by atoms with E-state index in [1.807, 2.05) is 13.8 Å². The van der Waals surface area contributed by atoms with Crippen molar-refractivity contribution >= 4 is 28.8 Å². The molecule has 0 radical (unpaired) electrons. The number of carbonyl (C=O) groups excluding carboxylic acids is 2. The van der Waals surface area contributed by atoms with Crippen molar-refractivity contribution < 1.29 is 23.2 Å². The van der Waals surface area contributed by atoms with Crippen molar-refractivity contribution in [2.24, 2.45) is 5.73 Å². The minimum atomic E-state index is -0.846. The molecule has 1 aromatic carbocycles. The Morgan fingerprint density at radius 2 is 2.09 bits per heavy atom.